The van der Waals surface area contributed by atoms with Crippen LogP contribution in [0.25, 0.3) is 0 Å². The van der Waals surface area contributed by atoms with Gasteiger partial charge in [0.2, 0.25) is 0 Å². The van der Waals surface area contributed by atoms with Crippen LogP contribution in [0.5, 0.6) is 5.75 Å². The van der Waals surface area contributed by atoms with Crippen molar-refractivity contribution in [2.24, 2.45) is 0 Å². The second-order valence-corrected chi connectivity index (χ2v) is 10.3. The zero-order valence-electron chi connectivity index (χ0n) is 18.3. The smallest absolute Gasteiger partial charge is 0.264 e. The van der Waals surface area contributed by atoms with Crippen molar-refractivity contribution in [2.75, 3.05) is 24.0 Å². The average Bonchev–Trinajstić information content (AvgIpc) is 2.87. The summed E-state index contributed by atoms with van der Waals surface area (Å²) in [4.78, 5) is 14.6. The number of benzene rings is 3. The number of para-hydroxylation sites is 1. The number of fused-ring (bicyclic) bond motifs is 2. The standard InChI is InChI=1S/C26H26N2O4S/c29-26(27-17-15-20-6-1-2-8-22(20)18-27)19-32-23-11-13-24(14-12-23)33(30,31)28-16-5-9-21-7-3-4-10-25(21)28/h1-4,6-8,10-14H,5,9,15-19H2. The van der Waals surface area contributed by atoms with Crippen molar-refractivity contribution in [3.05, 3.63) is 89.5 Å². The van der Waals surface area contributed by atoms with Crippen LogP contribution in [0.4, 0.5) is 5.69 Å². The summed E-state index contributed by atoms with van der Waals surface area (Å²) >= 11 is 0. The summed E-state index contributed by atoms with van der Waals surface area (Å²) in [5.74, 6) is 0.393. The Labute approximate surface area is 194 Å². The first kappa shape index (κ1) is 21.5. The van der Waals surface area contributed by atoms with Gasteiger partial charge in [0.1, 0.15) is 5.75 Å². The highest BCUT2D eigenvalue weighted by molar-refractivity contribution is 7.92. The molecule has 2 aliphatic rings. The van der Waals surface area contributed by atoms with Crippen LogP contribution < -0.4 is 9.04 Å². The van der Waals surface area contributed by atoms with E-state index >= 15 is 0 Å². The number of hydrogen-bond acceptors (Lipinski definition) is 4. The van der Waals surface area contributed by atoms with E-state index < -0.39 is 10.0 Å². The van der Waals surface area contributed by atoms with Gasteiger partial charge in [-0.1, -0.05) is 42.5 Å². The highest BCUT2D eigenvalue weighted by atomic mass is 32.2. The zero-order valence-corrected chi connectivity index (χ0v) is 19.1. The van der Waals surface area contributed by atoms with Crippen molar-refractivity contribution in [3.8, 4) is 5.75 Å². The highest BCUT2D eigenvalue weighted by Crippen LogP contribution is 2.32. The molecule has 0 aliphatic carbocycles. The molecule has 0 saturated heterocycles. The Kier molecular flexibility index (Phi) is 5.81. The number of carbonyl (C=O) groups is 1. The van der Waals surface area contributed by atoms with Gasteiger partial charge in [-0.15, -0.1) is 0 Å². The number of ether oxygens (including phenoxy) is 1. The largest absolute Gasteiger partial charge is 0.484 e. The lowest BCUT2D eigenvalue weighted by Crippen LogP contribution is -2.38. The first-order chi connectivity index (χ1) is 16.0. The van der Waals surface area contributed by atoms with Gasteiger partial charge in [0.05, 0.1) is 10.6 Å². The van der Waals surface area contributed by atoms with E-state index in [1.807, 2.05) is 36.4 Å². The van der Waals surface area contributed by atoms with Crippen LogP contribution in [0.2, 0.25) is 0 Å². The summed E-state index contributed by atoms with van der Waals surface area (Å²) in [5.41, 5.74) is 4.26. The average molecular weight is 463 g/mol. The van der Waals surface area contributed by atoms with E-state index in [0.29, 0.717) is 25.4 Å². The third-order valence-electron chi connectivity index (χ3n) is 6.33. The number of hydrogen-bond donors (Lipinski definition) is 0. The lowest BCUT2D eigenvalue weighted by atomic mass is 10.00. The summed E-state index contributed by atoms with van der Waals surface area (Å²) in [6, 6.07) is 22.1. The van der Waals surface area contributed by atoms with Crippen LogP contribution in [0, 0.1) is 0 Å². The Hall–Kier alpha value is -3.32. The molecule has 0 aromatic heterocycles. The van der Waals surface area contributed by atoms with Crippen LogP contribution in [-0.2, 0) is 34.2 Å². The van der Waals surface area contributed by atoms with E-state index in [4.69, 9.17) is 4.74 Å². The molecular formula is C26H26N2O4S. The Bertz CT molecular complexity index is 1270. The predicted octanol–water partition coefficient (Wildman–Crippen LogP) is 3.79. The number of nitrogens with zero attached hydrogens (tertiary/aromatic N) is 2. The fourth-order valence-corrected chi connectivity index (χ4v) is 6.07. The molecule has 0 spiro atoms. The van der Waals surface area contributed by atoms with E-state index in [-0.39, 0.29) is 17.4 Å². The number of amides is 1. The molecule has 6 nitrogen and oxygen atoms in total. The molecule has 33 heavy (non-hydrogen) atoms. The maximum atomic E-state index is 13.3. The van der Waals surface area contributed by atoms with Gasteiger partial charge >= 0.3 is 0 Å². The SMILES string of the molecule is O=C(COc1ccc(S(=O)(=O)N2CCCc3ccccc32)cc1)N1CCc2ccccc2C1. The second-order valence-electron chi connectivity index (χ2n) is 8.40. The minimum Gasteiger partial charge on any atom is -0.484 e. The van der Waals surface area contributed by atoms with Crippen molar-refractivity contribution in [3.63, 3.8) is 0 Å². The molecule has 2 heterocycles. The maximum absolute atomic E-state index is 13.3. The third kappa shape index (κ3) is 4.33. The Morgan fingerprint density at radius 1 is 0.818 bits per heavy atom. The second kappa shape index (κ2) is 8.90. The molecule has 3 aromatic carbocycles. The van der Waals surface area contributed by atoms with Crippen molar-refractivity contribution in [2.45, 2.75) is 30.7 Å². The molecule has 5 rings (SSSR count). The van der Waals surface area contributed by atoms with Gasteiger partial charge < -0.3 is 9.64 Å². The number of carbonyl (C=O) groups excluding carboxylic acids is 1. The Morgan fingerprint density at radius 3 is 2.30 bits per heavy atom. The van der Waals surface area contributed by atoms with Gasteiger partial charge in [0.15, 0.2) is 6.61 Å². The Balaban J connectivity index is 1.24. The van der Waals surface area contributed by atoms with Gasteiger partial charge in [0, 0.05) is 19.6 Å². The minimum absolute atomic E-state index is 0.0756. The van der Waals surface area contributed by atoms with Crippen LogP contribution in [0.3, 0.4) is 0 Å². The molecule has 0 bridgehead atoms. The quantitative estimate of drug-likeness (QED) is 0.579. The lowest BCUT2D eigenvalue weighted by Gasteiger charge is -2.30. The van der Waals surface area contributed by atoms with Gasteiger partial charge in [0.25, 0.3) is 15.9 Å². The van der Waals surface area contributed by atoms with Crippen LogP contribution in [0.15, 0.2) is 77.7 Å². The topological polar surface area (TPSA) is 66.9 Å². The normalized spacial score (nSPS) is 15.5. The summed E-state index contributed by atoms with van der Waals surface area (Å²) in [6.07, 6.45) is 2.51. The highest BCUT2D eigenvalue weighted by Gasteiger charge is 2.29. The van der Waals surface area contributed by atoms with Crippen molar-refractivity contribution >= 4 is 21.6 Å². The molecule has 0 fully saturated rings. The number of sulfonamides is 1. The van der Waals surface area contributed by atoms with Crippen LogP contribution in [0.1, 0.15) is 23.1 Å². The van der Waals surface area contributed by atoms with E-state index in [2.05, 4.69) is 12.1 Å². The van der Waals surface area contributed by atoms with E-state index in [9.17, 15) is 13.2 Å². The lowest BCUT2D eigenvalue weighted by molar-refractivity contribution is -0.134. The molecule has 0 unspecified atom stereocenters. The van der Waals surface area contributed by atoms with Gasteiger partial charge in [-0.25, -0.2) is 8.42 Å². The predicted molar refractivity (Wildman–Crippen MR) is 127 cm³/mol. The first-order valence-electron chi connectivity index (χ1n) is 11.2. The molecule has 7 heteroatoms. The molecular weight excluding hydrogens is 436 g/mol. The van der Waals surface area contributed by atoms with Gasteiger partial charge in [-0.3, -0.25) is 9.10 Å². The monoisotopic (exact) mass is 462 g/mol. The molecule has 0 radical (unpaired) electrons. The minimum atomic E-state index is -3.67. The van der Waals surface area contributed by atoms with E-state index in [0.717, 1.165) is 30.5 Å². The summed E-state index contributed by atoms with van der Waals surface area (Å²) in [5, 5.41) is 0. The van der Waals surface area contributed by atoms with Gasteiger partial charge in [-0.05, 0) is 66.3 Å². The third-order valence-corrected chi connectivity index (χ3v) is 8.15. The fraction of sp³-hybridized carbons (Fsp3) is 0.269. The zero-order chi connectivity index (χ0) is 22.8. The summed E-state index contributed by atoms with van der Waals surface area (Å²) < 4.78 is 33.7. The molecule has 1 amide bonds. The van der Waals surface area contributed by atoms with Crippen LogP contribution >= 0.6 is 0 Å². The summed E-state index contributed by atoms with van der Waals surface area (Å²) in [7, 11) is -3.67. The molecule has 0 atom stereocenters. The number of anilines is 1. The van der Waals surface area contributed by atoms with Gasteiger partial charge in [-0.2, -0.15) is 0 Å². The first-order valence-corrected chi connectivity index (χ1v) is 12.6. The van der Waals surface area contributed by atoms with Crippen molar-refractivity contribution in [1.29, 1.82) is 0 Å². The van der Waals surface area contributed by atoms with E-state index in [1.165, 1.54) is 15.4 Å². The van der Waals surface area contributed by atoms with Crippen molar-refractivity contribution < 1.29 is 17.9 Å². The molecule has 0 saturated carbocycles. The number of rotatable bonds is 5. The maximum Gasteiger partial charge on any atom is 0.264 e. The molecule has 3 aromatic rings. The summed E-state index contributed by atoms with van der Waals surface area (Å²) in [6.45, 7) is 1.65. The number of aryl methyl sites for hydroxylation is 1. The Morgan fingerprint density at radius 2 is 1.52 bits per heavy atom. The van der Waals surface area contributed by atoms with Crippen molar-refractivity contribution in [1.82, 2.24) is 4.90 Å². The molecule has 170 valence electrons. The van der Waals surface area contributed by atoms with Crippen LogP contribution in [-0.4, -0.2) is 38.9 Å². The fourth-order valence-electron chi connectivity index (χ4n) is 4.53. The van der Waals surface area contributed by atoms with E-state index in [1.54, 1.807) is 29.2 Å². The molecule has 0 N–H and O–H groups in total. The molecule has 2 aliphatic heterocycles.